The first-order chi connectivity index (χ1) is 19.4. The molecule has 2 fully saturated rings. The number of Topliss-reactive ketones (excluding diaryl/α,β-unsaturated/α-hetero) is 1. The molecule has 1 atom stereocenters. The van der Waals surface area contributed by atoms with Gasteiger partial charge in [-0.3, -0.25) is 19.3 Å². The van der Waals surface area contributed by atoms with E-state index in [0.29, 0.717) is 75.0 Å². The van der Waals surface area contributed by atoms with E-state index in [4.69, 9.17) is 9.47 Å². The summed E-state index contributed by atoms with van der Waals surface area (Å²) in [7, 11) is 0. The molecule has 210 valence electrons. The number of para-hydroxylation sites is 1. The third-order valence-electron chi connectivity index (χ3n) is 7.81. The third-order valence-corrected chi connectivity index (χ3v) is 7.81. The van der Waals surface area contributed by atoms with Gasteiger partial charge in [0.25, 0.3) is 17.6 Å². The quantitative estimate of drug-likeness (QED) is 0.224. The van der Waals surface area contributed by atoms with Gasteiger partial charge in [0.2, 0.25) is 0 Å². The Balaban J connectivity index is 1.68. The predicted molar refractivity (Wildman–Crippen MR) is 151 cm³/mol. The molecule has 1 spiro atoms. The summed E-state index contributed by atoms with van der Waals surface area (Å²) in [5, 5.41) is 11.7. The highest BCUT2D eigenvalue weighted by Crippen LogP contribution is 2.53. The molecule has 9 nitrogen and oxygen atoms in total. The molecule has 3 heterocycles. The summed E-state index contributed by atoms with van der Waals surface area (Å²) in [6.07, 6.45) is 2.32. The van der Waals surface area contributed by atoms with Crippen molar-refractivity contribution >= 4 is 29.0 Å². The number of fused-ring (bicyclic) bond motifs is 2. The second kappa shape index (κ2) is 11.3. The first-order valence-electron chi connectivity index (χ1n) is 13.7. The number of carbonyl (C=O) groups excluding carboxylic acids is 3. The first kappa shape index (κ1) is 27.6. The van der Waals surface area contributed by atoms with Crippen LogP contribution in [0.3, 0.4) is 0 Å². The number of benzene rings is 2. The minimum atomic E-state index is -1.76. The van der Waals surface area contributed by atoms with Gasteiger partial charge in [-0.2, -0.15) is 0 Å². The Labute approximate surface area is 234 Å². The summed E-state index contributed by atoms with van der Waals surface area (Å²) in [6, 6.07) is 12.3. The number of nitrogens with zero attached hydrogens (tertiary/aromatic N) is 3. The lowest BCUT2D eigenvalue weighted by molar-refractivity contribution is -0.144. The van der Waals surface area contributed by atoms with Gasteiger partial charge >= 0.3 is 0 Å². The van der Waals surface area contributed by atoms with Crippen LogP contribution in [0.4, 0.5) is 5.69 Å². The van der Waals surface area contributed by atoms with Crippen molar-refractivity contribution in [2.75, 3.05) is 57.4 Å². The second-order valence-corrected chi connectivity index (χ2v) is 10.2. The molecular weight excluding hydrogens is 510 g/mol. The Bertz CT molecular complexity index is 1380. The number of aliphatic hydroxyl groups is 1. The van der Waals surface area contributed by atoms with Gasteiger partial charge in [0.1, 0.15) is 18.1 Å². The Morgan fingerprint density at radius 2 is 1.85 bits per heavy atom. The molecule has 1 N–H and O–H groups in total. The van der Waals surface area contributed by atoms with Crippen molar-refractivity contribution in [2.45, 2.75) is 25.8 Å². The van der Waals surface area contributed by atoms with Gasteiger partial charge in [0.05, 0.1) is 24.5 Å². The highest BCUT2D eigenvalue weighted by atomic mass is 16.5. The molecule has 0 aliphatic carbocycles. The van der Waals surface area contributed by atoms with E-state index in [1.807, 2.05) is 26.0 Å². The van der Waals surface area contributed by atoms with E-state index in [1.165, 1.54) is 4.90 Å². The first-order valence-corrected chi connectivity index (χ1v) is 13.7. The zero-order valence-electron chi connectivity index (χ0n) is 23.0. The van der Waals surface area contributed by atoms with Gasteiger partial charge in [-0.15, -0.1) is 0 Å². The van der Waals surface area contributed by atoms with Crippen LogP contribution in [0.1, 0.15) is 30.0 Å². The standard InChI is InChI=1S/C31H35N3O6/c1-4-12-33-24-9-7-6-8-23(24)31(30(33)38)26(27(35)22-10-11-25(21(3)20-22)40-17-5-2)28(36)29(37)34(31)14-13-32-15-18-39-19-16-32/h5-11,20,35H,2,4,12-19H2,1,3H3/t31-/m0/s1. The Hall–Kier alpha value is -3.95. The molecule has 2 amide bonds. The van der Waals surface area contributed by atoms with Crippen LogP contribution >= 0.6 is 0 Å². The fraction of sp³-hybridized carbons (Fsp3) is 0.387. The number of amides is 2. The van der Waals surface area contributed by atoms with Gasteiger partial charge in [0, 0.05) is 43.9 Å². The maximum Gasteiger partial charge on any atom is 0.296 e. The number of aryl methyl sites for hydroxylation is 1. The van der Waals surface area contributed by atoms with Crippen molar-refractivity contribution in [3.63, 3.8) is 0 Å². The van der Waals surface area contributed by atoms with Crippen molar-refractivity contribution in [3.8, 4) is 5.75 Å². The average Bonchev–Trinajstić information content (AvgIpc) is 3.34. The highest BCUT2D eigenvalue weighted by Gasteiger charge is 2.67. The number of anilines is 1. The zero-order valence-corrected chi connectivity index (χ0v) is 23.0. The van der Waals surface area contributed by atoms with E-state index in [9.17, 15) is 19.5 Å². The van der Waals surface area contributed by atoms with E-state index >= 15 is 0 Å². The van der Waals surface area contributed by atoms with Crippen molar-refractivity contribution < 1.29 is 29.0 Å². The molecule has 3 aliphatic heterocycles. The zero-order chi connectivity index (χ0) is 28.4. The molecule has 2 aromatic carbocycles. The van der Waals surface area contributed by atoms with Crippen molar-refractivity contribution in [1.82, 2.24) is 9.80 Å². The lowest BCUT2D eigenvalue weighted by Crippen LogP contribution is -2.54. The summed E-state index contributed by atoms with van der Waals surface area (Å²) < 4.78 is 11.1. The van der Waals surface area contributed by atoms with E-state index in [2.05, 4.69) is 11.5 Å². The molecule has 9 heteroatoms. The summed E-state index contributed by atoms with van der Waals surface area (Å²) in [4.78, 5) is 47.2. The van der Waals surface area contributed by atoms with Crippen molar-refractivity contribution in [1.29, 1.82) is 0 Å². The minimum absolute atomic E-state index is 0.148. The third kappa shape index (κ3) is 4.39. The molecule has 2 saturated heterocycles. The number of rotatable bonds is 9. The number of hydrogen-bond acceptors (Lipinski definition) is 7. The van der Waals surface area contributed by atoms with E-state index < -0.39 is 23.1 Å². The van der Waals surface area contributed by atoms with Gasteiger partial charge in [-0.25, -0.2) is 0 Å². The van der Waals surface area contributed by atoms with Crippen LogP contribution in [-0.4, -0.2) is 85.0 Å². The number of likely N-dealkylation sites (tertiary alicyclic amines) is 1. The highest BCUT2D eigenvalue weighted by molar-refractivity contribution is 6.50. The van der Waals surface area contributed by atoms with Gasteiger partial charge in [-0.05, 0) is 43.2 Å². The number of carbonyl (C=O) groups is 3. The lowest BCUT2D eigenvalue weighted by atomic mass is 9.81. The van der Waals surface area contributed by atoms with Gasteiger partial charge in [-0.1, -0.05) is 37.8 Å². The van der Waals surface area contributed by atoms with Crippen LogP contribution in [-0.2, 0) is 24.7 Å². The molecule has 0 aromatic heterocycles. The number of ketones is 1. The second-order valence-electron chi connectivity index (χ2n) is 10.2. The topological polar surface area (TPSA) is 99.6 Å². The SMILES string of the molecule is C=CCOc1ccc(C(O)=C2C(=O)C(=O)N(CCN3CCOCC3)[C@]23C(=O)N(CCC)c2ccccc23)cc1C. The molecule has 3 aliphatic rings. The molecule has 40 heavy (non-hydrogen) atoms. The van der Waals surface area contributed by atoms with Crippen LogP contribution in [0.25, 0.3) is 5.76 Å². The number of hydrogen-bond donors (Lipinski definition) is 1. The van der Waals surface area contributed by atoms with Crippen molar-refractivity contribution in [3.05, 3.63) is 77.4 Å². The molecule has 2 aromatic rings. The Morgan fingerprint density at radius 1 is 1.10 bits per heavy atom. The number of morpholine rings is 1. The number of ether oxygens (including phenoxy) is 2. The minimum Gasteiger partial charge on any atom is -0.507 e. The normalized spacial score (nSPS) is 22.3. The van der Waals surface area contributed by atoms with Crippen LogP contribution < -0.4 is 9.64 Å². The molecule has 0 bridgehead atoms. The maximum absolute atomic E-state index is 14.5. The molecule has 0 unspecified atom stereocenters. The largest absolute Gasteiger partial charge is 0.507 e. The van der Waals surface area contributed by atoms with E-state index in [-0.39, 0.29) is 17.9 Å². The van der Waals surface area contributed by atoms with E-state index in [1.54, 1.807) is 41.3 Å². The monoisotopic (exact) mass is 545 g/mol. The van der Waals surface area contributed by atoms with Crippen LogP contribution in [0, 0.1) is 6.92 Å². The van der Waals surface area contributed by atoms with Gasteiger partial charge < -0.3 is 24.4 Å². The van der Waals surface area contributed by atoms with Crippen molar-refractivity contribution in [2.24, 2.45) is 0 Å². The smallest absolute Gasteiger partial charge is 0.296 e. The summed E-state index contributed by atoms with van der Waals surface area (Å²) in [5.74, 6) is -1.84. The fourth-order valence-corrected chi connectivity index (χ4v) is 5.93. The summed E-state index contributed by atoms with van der Waals surface area (Å²) in [5.41, 5.74) is 0.263. The number of aliphatic hydroxyl groups excluding tert-OH is 1. The van der Waals surface area contributed by atoms with Crippen LogP contribution in [0.15, 0.2) is 60.7 Å². The van der Waals surface area contributed by atoms with Crippen LogP contribution in [0.5, 0.6) is 5.75 Å². The lowest BCUT2D eigenvalue weighted by Gasteiger charge is -2.36. The average molecular weight is 546 g/mol. The van der Waals surface area contributed by atoms with Gasteiger partial charge in [0.15, 0.2) is 5.54 Å². The summed E-state index contributed by atoms with van der Waals surface area (Å²) >= 11 is 0. The van der Waals surface area contributed by atoms with Crippen LogP contribution in [0.2, 0.25) is 0 Å². The fourth-order valence-electron chi connectivity index (χ4n) is 5.93. The molecule has 0 radical (unpaired) electrons. The molecular formula is C31H35N3O6. The van der Waals surface area contributed by atoms with E-state index in [0.717, 1.165) is 5.56 Å². The Morgan fingerprint density at radius 3 is 2.55 bits per heavy atom. The predicted octanol–water partition coefficient (Wildman–Crippen LogP) is 3.22. The Kier molecular flexibility index (Phi) is 7.78. The summed E-state index contributed by atoms with van der Waals surface area (Å²) in [6.45, 7) is 11.4. The maximum atomic E-state index is 14.5. The molecule has 5 rings (SSSR count). The molecule has 0 saturated carbocycles.